The summed E-state index contributed by atoms with van der Waals surface area (Å²) in [5.41, 5.74) is 1.49. The maximum atomic E-state index is 13.5. The zero-order valence-electron chi connectivity index (χ0n) is 16.6. The van der Waals surface area contributed by atoms with Crippen molar-refractivity contribution in [1.29, 1.82) is 0 Å². The third kappa shape index (κ3) is 3.98. The number of aromatic nitrogens is 1. The Labute approximate surface area is 178 Å². The highest BCUT2D eigenvalue weighted by atomic mass is 32.1. The van der Waals surface area contributed by atoms with Gasteiger partial charge >= 0.3 is 0 Å². The van der Waals surface area contributed by atoms with Crippen molar-refractivity contribution in [2.45, 2.75) is 6.42 Å². The Morgan fingerprint density at radius 1 is 1.10 bits per heavy atom. The molecule has 1 amide bonds. The quantitative estimate of drug-likeness (QED) is 0.603. The van der Waals surface area contributed by atoms with Crippen molar-refractivity contribution < 1.29 is 19.0 Å². The number of thiazole rings is 1. The average Bonchev–Trinajstić information content (AvgIpc) is 3.43. The largest absolute Gasteiger partial charge is 0.454 e. The molecule has 30 heavy (non-hydrogen) atoms. The number of morpholine rings is 1. The van der Waals surface area contributed by atoms with Gasteiger partial charge in [-0.05, 0) is 36.8 Å². The minimum Gasteiger partial charge on any atom is -0.454 e. The summed E-state index contributed by atoms with van der Waals surface area (Å²) in [7, 11) is 0. The van der Waals surface area contributed by atoms with Gasteiger partial charge in [0.1, 0.15) is 0 Å². The van der Waals surface area contributed by atoms with Crippen LogP contribution in [0.1, 0.15) is 16.8 Å². The lowest BCUT2D eigenvalue weighted by Gasteiger charge is -2.27. The molecule has 2 aliphatic rings. The minimum atomic E-state index is -0.0747. The lowest BCUT2D eigenvalue weighted by molar-refractivity contribution is 0.0376. The van der Waals surface area contributed by atoms with Crippen molar-refractivity contribution in [2.75, 3.05) is 51.1 Å². The van der Waals surface area contributed by atoms with E-state index in [1.165, 1.54) is 0 Å². The van der Waals surface area contributed by atoms with E-state index in [2.05, 4.69) is 4.90 Å². The molecule has 2 aliphatic heterocycles. The number of para-hydroxylation sites is 1. The molecule has 2 aromatic carbocycles. The normalized spacial score (nSPS) is 16.1. The van der Waals surface area contributed by atoms with Gasteiger partial charge in [-0.25, -0.2) is 4.98 Å². The number of benzene rings is 2. The highest BCUT2D eigenvalue weighted by Crippen LogP contribution is 2.34. The van der Waals surface area contributed by atoms with Crippen molar-refractivity contribution in [3.8, 4) is 11.5 Å². The maximum Gasteiger partial charge on any atom is 0.260 e. The van der Waals surface area contributed by atoms with Crippen LogP contribution in [0, 0.1) is 0 Å². The average molecular weight is 426 g/mol. The van der Waals surface area contributed by atoms with E-state index >= 15 is 0 Å². The molecule has 7 nitrogen and oxygen atoms in total. The van der Waals surface area contributed by atoms with Crippen molar-refractivity contribution in [2.24, 2.45) is 0 Å². The molecular weight excluding hydrogens is 402 g/mol. The number of carbonyl (C=O) groups excluding carboxylic acids is 1. The number of rotatable bonds is 6. The van der Waals surface area contributed by atoms with E-state index in [0.717, 1.165) is 54.6 Å². The van der Waals surface area contributed by atoms with Crippen LogP contribution in [-0.2, 0) is 4.74 Å². The van der Waals surface area contributed by atoms with Crippen LogP contribution in [0.15, 0.2) is 42.5 Å². The zero-order valence-corrected chi connectivity index (χ0v) is 17.4. The number of nitrogens with zero attached hydrogens (tertiary/aromatic N) is 3. The molecule has 0 unspecified atom stereocenters. The molecule has 0 N–H and O–H groups in total. The number of anilines is 1. The highest BCUT2D eigenvalue weighted by Gasteiger charge is 2.24. The predicted octanol–water partition coefficient (Wildman–Crippen LogP) is 3.39. The molecule has 1 aromatic heterocycles. The maximum absolute atomic E-state index is 13.5. The Kier molecular flexibility index (Phi) is 5.52. The summed E-state index contributed by atoms with van der Waals surface area (Å²) in [5.74, 6) is 1.21. The number of fused-ring (bicyclic) bond motifs is 2. The van der Waals surface area contributed by atoms with E-state index in [4.69, 9.17) is 19.2 Å². The molecule has 0 aliphatic carbocycles. The summed E-state index contributed by atoms with van der Waals surface area (Å²) in [6.45, 7) is 5.15. The monoisotopic (exact) mass is 425 g/mol. The van der Waals surface area contributed by atoms with Crippen LogP contribution in [0.3, 0.4) is 0 Å². The fraction of sp³-hybridized carbons (Fsp3) is 0.364. The second-order valence-corrected chi connectivity index (χ2v) is 8.31. The van der Waals surface area contributed by atoms with E-state index < -0.39 is 0 Å². The van der Waals surface area contributed by atoms with Crippen molar-refractivity contribution >= 4 is 32.6 Å². The van der Waals surface area contributed by atoms with Gasteiger partial charge in [-0.2, -0.15) is 0 Å². The second-order valence-electron chi connectivity index (χ2n) is 7.30. The molecule has 8 heteroatoms. The first kappa shape index (κ1) is 19.3. The first-order chi connectivity index (χ1) is 14.8. The summed E-state index contributed by atoms with van der Waals surface area (Å²) >= 11 is 1.54. The van der Waals surface area contributed by atoms with Crippen LogP contribution in [0.25, 0.3) is 10.2 Å². The Morgan fingerprint density at radius 2 is 1.93 bits per heavy atom. The molecule has 156 valence electrons. The van der Waals surface area contributed by atoms with E-state index in [0.29, 0.717) is 23.6 Å². The van der Waals surface area contributed by atoms with Crippen molar-refractivity contribution in [1.82, 2.24) is 9.88 Å². The molecule has 0 spiro atoms. The van der Waals surface area contributed by atoms with Crippen LogP contribution in [0.4, 0.5) is 5.13 Å². The summed E-state index contributed by atoms with van der Waals surface area (Å²) in [6.07, 6.45) is 0.867. The van der Waals surface area contributed by atoms with Gasteiger partial charge in [0, 0.05) is 31.7 Å². The fourth-order valence-electron chi connectivity index (χ4n) is 3.72. The van der Waals surface area contributed by atoms with E-state index in [1.807, 2.05) is 24.3 Å². The number of carbonyl (C=O) groups is 1. The summed E-state index contributed by atoms with van der Waals surface area (Å²) in [5, 5.41) is 0.723. The van der Waals surface area contributed by atoms with Gasteiger partial charge in [0.05, 0.1) is 23.4 Å². The van der Waals surface area contributed by atoms with Gasteiger partial charge in [-0.3, -0.25) is 14.6 Å². The fourth-order valence-corrected chi connectivity index (χ4v) is 4.71. The molecule has 1 fully saturated rings. The third-order valence-corrected chi connectivity index (χ3v) is 6.40. The summed E-state index contributed by atoms with van der Waals surface area (Å²) < 4.78 is 17.3. The van der Waals surface area contributed by atoms with Gasteiger partial charge in [0.25, 0.3) is 5.91 Å². The van der Waals surface area contributed by atoms with E-state index in [-0.39, 0.29) is 12.7 Å². The smallest absolute Gasteiger partial charge is 0.260 e. The minimum absolute atomic E-state index is 0.0747. The molecule has 0 saturated carbocycles. The zero-order chi connectivity index (χ0) is 20.3. The lowest BCUT2D eigenvalue weighted by Crippen LogP contribution is -2.39. The van der Waals surface area contributed by atoms with Crippen molar-refractivity contribution in [3.05, 3.63) is 48.0 Å². The van der Waals surface area contributed by atoms with Gasteiger partial charge in [-0.15, -0.1) is 0 Å². The predicted molar refractivity (Wildman–Crippen MR) is 116 cm³/mol. The molecule has 3 heterocycles. The molecular formula is C22H23N3O4S. The van der Waals surface area contributed by atoms with Gasteiger partial charge in [-0.1, -0.05) is 23.5 Å². The first-order valence-corrected chi connectivity index (χ1v) is 11.0. The first-order valence-electron chi connectivity index (χ1n) is 10.2. The molecule has 0 bridgehead atoms. The molecule has 3 aromatic rings. The number of ether oxygens (including phenoxy) is 3. The molecule has 1 saturated heterocycles. The SMILES string of the molecule is O=C(c1ccc2c(c1)OCO2)N(CCCN1CCOCC1)c1nc2ccccc2s1. The van der Waals surface area contributed by atoms with Gasteiger partial charge in [0.15, 0.2) is 16.6 Å². The summed E-state index contributed by atoms with van der Waals surface area (Å²) in [6, 6.07) is 13.3. The molecule has 0 atom stereocenters. The van der Waals surface area contributed by atoms with Gasteiger partial charge < -0.3 is 14.2 Å². The van der Waals surface area contributed by atoms with Crippen LogP contribution in [-0.4, -0.2) is 62.0 Å². The van der Waals surface area contributed by atoms with Crippen molar-refractivity contribution in [3.63, 3.8) is 0 Å². The molecule has 0 radical (unpaired) electrons. The second kappa shape index (κ2) is 8.59. The number of amides is 1. The van der Waals surface area contributed by atoms with Crippen LogP contribution >= 0.6 is 11.3 Å². The van der Waals surface area contributed by atoms with E-state index in [1.54, 1.807) is 34.4 Å². The van der Waals surface area contributed by atoms with Crippen LogP contribution in [0.5, 0.6) is 11.5 Å². The van der Waals surface area contributed by atoms with Crippen LogP contribution < -0.4 is 14.4 Å². The molecule has 5 rings (SSSR count). The highest BCUT2D eigenvalue weighted by molar-refractivity contribution is 7.22. The third-order valence-electron chi connectivity index (χ3n) is 5.34. The van der Waals surface area contributed by atoms with Crippen LogP contribution in [0.2, 0.25) is 0 Å². The Morgan fingerprint density at radius 3 is 2.80 bits per heavy atom. The standard InChI is InChI=1S/C22H23N3O4S/c26-21(16-6-7-18-19(14-16)29-15-28-18)25(9-3-8-24-10-12-27-13-11-24)22-23-17-4-1-2-5-20(17)30-22/h1-2,4-7,14H,3,8-13,15H2. The summed E-state index contributed by atoms with van der Waals surface area (Å²) in [4.78, 5) is 22.4. The number of hydrogen-bond acceptors (Lipinski definition) is 7. The van der Waals surface area contributed by atoms with Gasteiger partial charge in [0.2, 0.25) is 6.79 Å². The lowest BCUT2D eigenvalue weighted by atomic mass is 10.1. The topological polar surface area (TPSA) is 64.1 Å². The Hall–Kier alpha value is -2.68. The Bertz CT molecular complexity index is 1010. The Balaban J connectivity index is 1.38. The van der Waals surface area contributed by atoms with E-state index in [9.17, 15) is 4.79 Å². The number of hydrogen-bond donors (Lipinski definition) is 0.